The van der Waals surface area contributed by atoms with Gasteiger partial charge in [-0.3, -0.25) is 4.57 Å². The molecular weight excluding hydrogens is 533 g/mol. The van der Waals surface area contributed by atoms with Crippen LogP contribution in [0.5, 0.6) is 0 Å². The Balaban J connectivity index is 1.41. The summed E-state index contributed by atoms with van der Waals surface area (Å²) in [7, 11) is 0.188. The van der Waals surface area contributed by atoms with E-state index in [4.69, 9.17) is 4.98 Å². The third-order valence-corrected chi connectivity index (χ3v) is 9.41. The molecule has 1 unspecified atom stereocenters. The van der Waals surface area contributed by atoms with E-state index in [0.717, 1.165) is 45.9 Å². The van der Waals surface area contributed by atoms with Crippen LogP contribution < -0.4 is 5.32 Å². The molecule has 1 fully saturated rings. The van der Waals surface area contributed by atoms with E-state index in [1.54, 1.807) is 10.9 Å². The van der Waals surface area contributed by atoms with Gasteiger partial charge in [0.1, 0.15) is 14.6 Å². The van der Waals surface area contributed by atoms with E-state index in [9.17, 15) is 4.57 Å². The zero-order valence-corrected chi connectivity index (χ0v) is 22.6. The Hall–Kier alpha value is -2.29. The molecule has 0 amide bonds. The van der Waals surface area contributed by atoms with Crippen molar-refractivity contribution in [2.24, 2.45) is 5.41 Å². The predicted molar refractivity (Wildman–Crippen MR) is 138 cm³/mol. The lowest BCUT2D eigenvalue weighted by molar-refractivity contribution is 0.250. The third kappa shape index (κ3) is 4.16. The van der Waals surface area contributed by atoms with E-state index in [1.807, 2.05) is 25.1 Å². The summed E-state index contributed by atoms with van der Waals surface area (Å²) in [6.45, 7) is 8.29. The maximum Gasteiger partial charge on any atom is 0.224 e. The molecule has 1 N–H and O–H groups in total. The molecule has 2 atom stereocenters. The molecule has 0 spiro atoms. The zero-order valence-electron chi connectivity index (χ0n) is 19.3. The normalized spacial score (nSPS) is 20.9. The molecule has 3 aromatic heterocycles. The van der Waals surface area contributed by atoms with Gasteiger partial charge in [-0.15, -0.1) is 10.2 Å². The van der Waals surface area contributed by atoms with Crippen LogP contribution >= 0.6 is 35.7 Å². The number of aromatic nitrogens is 6. The molecule has 1 aliphatic rings. The molecule has 5 rings (SSSR count). The molecule has 3 heterocycles. The second kappa shape index (κ2) is 8.73. The van der Waals surface area contributed by atoms with Gasteiger partial charge >= 0.3 is 0 Å². The maximum atomic E-state index is 11.7. The van der Waals surface area contributed by atoms with Crippen molar-refractivity contribution in [2.45, 2.75) is 58.2 Å². The second-order valence-corrected chi connectivity index (χ2v) is 12.7. The lowest BCUT2D eigenvalue weighted by atomic mass is 9.76. The second-order valence-electron chi connectivity index (χ2n) is 9.52. The molecule has 0 aliphatic heterocycles. The van der Waals surface area contributed by atoms with E-state index in [-0.39, 0.29) is 25.1 Å². The number of nitrogens with zero attached hydrogens (tertiary/aromatic N) is 6. The van der Waals surface area contributed by atoms with Gasteiger partial charge < -0.3 is 5.32 Å². The molecule has 0 bridgehead atoms. The fourth-order valence-corrected chi connectivity index (χ4v) is 5.96. The number of aryl methyl sites for hydroxylation is 1. The van der Waals surface area contributed by atoms with Crippen LogP contribution in [0.25, 0.3) is 27.3 Å². The SMILES string of the molecule is Cc1nnc(-c2[c]cc(-n3nc(Br)c4cnc(N[C@@H]5CCC(C)(C(C)(C)P=O)C5)nc43)cc2)s1. The first kappa shape index (κ1) is 23.5. The molecule has 1 radical (unpaired) electrons. The van der Waals surface area contributed by atoms with Crippen LogP contribution in [0.2, 0.25) is 0 Å². The minimum absolute atomic E-state index is 0.00800. The summed E-state index contributed by atoms with van der Waals surface area (Å²) in [5.41, 5.74) is 2.43. The highest BCUT2D eigenvalue weighted by molar-refractivity contribution is 9.10. The van der Waals surface area contributed by atoms with Crippen molar-refractivity contribution < 1.29 is 4.57 Å². The third-order valence-electron chi connectivity index (χ3n) is 6.96. The summed E-state index contributed by atoms with van der Waals surface area (Å²) in [4.78, 5) is 9.33. The van der Waals surface area contributed by atoms with E-state index >= 15 is 0 Å². The van der Waals surface area contributed by atoms with Crippen molar-refractivity contribution in [2.75, 3.05) is 5.32 Å². The number of hydrogen-bond donors (Lipinski definition) is 1. The first-order valence-corrected chi connectivity index (χ1v) is 13.5. The van der Waals surface area contributed by atoms with Gasteiger partial charge in [0, 0.05) is 17.8 Å². The van der Waals surface area contributed by atoms with Crippen molar-refractivity contribution in [3.8, 4) is 16.3 Å². The topological polar surface area (TPSA) is 98.5 Å². The van der Waals surface area contributed by atoms with Crippen molar-refractivity contribution in [3.63, 3.8) is 0 Å². The van der Waals surface area contributed by atoms with E-state index in [2.05, 4.69) is 68.4 Å². The van der Waals surface area contributed by atoms with Crippen molar-refractivity contribution in [1.82, 2.24) is 29.9 Å². The van der Waals surface area contributed by atoms with Gasteiger partial charge in [-0.1, -0.05) is 18.3 Å². The lowest BCUT2D eigenvalue weighted by Gasteiger charge is -2.36. The Kier molecular flexibility index (Phi) is 6.02. The van der Waals surface area contributed by atoms with Crippen LogP contribution in [-0.2, 0) is 4.57 Å². The van der Waals surface area contributed by atoms with Crippen LogP contribution in [0, 0.1) is 18.4 Å². The molecule has 1 aliphatic carbocycles. The monoisotopic (exact) mass is 556 g/mol. The average molecular weight is 557 g/mol. The Morgan fingerprint density at radius 2 is 2.18 bits per heavy atom. The number of rotatable bonds is 6. The molecule has 11 heteroatoms. The van der Waals surface area contributed by atoms with Crippen LogP contribution in [0.4, 0.5) is 5.95 Å². The van der Waals surface area contributed by atoms with Crippen molar-refractivity contribution in [1.29, 1.82) is 0 Å². The van der Waals surface area contributed by atoms with Crippen molar-refractivity contribution in [3.05, 3.63) is 40.1 Å². The number of hydrogen-bond acceptors (Lipinski definition) is 8. The highest BCUT2D eigenvalue weighted by atomic mass is 79.9. The van der Waals surface area contributed by atoms with Gasteiger partial charge in [0.05, 0.1) is 16.2 Å². The molecule has 1 aromatic carbocycles. The first-order valence-electron chi connectivity index (χ1n) is 11.0. The van der Waals surface area contributed by atoms with Crippen molar-refractivity contribution >= 4 is 52.7 Å². The van der Waals surface area contributed by atoms with Crippen LogP contribution in [0.15, 0.2) is 29.0 Å². The Morgan fingerprint density at radius 3 is 2.85 bits per heavy atom. The predicted octanol–water partition coefficient (Wildman–Crippen LogP) is 6.25. The summed E-state index contributed by atoms with van der Waals surface area (Å²) >= 11 is 5.08. The van der Waals surface area contributed by atoms with E-state index < -0.39 is 0 Å². The van der Waals surface area contributed by atoms with Gasteiger partial charge in [0.2, 0.25) is 5.95 Å². The number of nitrogens with one attached hydrogen (secondary N) is 1. The Labute approximate surface area is 212 Å². The quantitative estimate of drug-likeness (QED) is 0.280. The number of benzene rings is 1. The van der Waals surface area contributed by atoms with Gasteiger partial charge in [-0.2, -0.15) is 10.1 Å². The van der Waals surface area contributed by atoms with E-state index in [1.165, 1.54) is 11.3 Å². The van der Waals surface area contributed by atoms with Crippen LogP contribution in [0.3, 0.4) is 0 Å². The summed E-state index contributed by atoms with van der Waals surface area (Å²) in [5.74, 6) is 0.567. The van der Waals surface area contributed by atoms with Crippen LogP contribution in [0.1, 0.15) is 45.0 Å². The van der Waals surface area contributed by atoms with Gasteiger partial charge in [0.15, 0.2) is 14.1 Å². The van der Waals surface area contributed by atoms with E-state index in [0.29, 0.717) is 16.2 Å². The molecule has 8 nitrogen and oxygen atoms in total. The van der Waals surface area contributed by atoms with Gasteiger partial charge in [0.25, 0.3) is 0 Å². The maximum absolute atomic E-state index is 11.7. The highest BCUT2D eigenvalue weighted by Crippen LogP contribution is 2.52. The summed E-state index contributed by atoms with van der Waals surface area (Å²) in [5, 5.41) is 18.7. The Bertz CT molecular complexity index is 1370. The zero-order chi connectivity index (χ0) is 24.1. The fraction of sp³-hybridized carbons (Fsp3) is 0.435. The first-order chi connectivity index (χ1) is 16.2. The molecule has 1 saturated carbocycles. The smallest absolute Gasteiger partial charge is 0.224 e. The minimum atomic E-state index is -0.270. The summed E-state index contributed by atoms with van der Waals surface area (Å²) < 4.78 is 14.2. The van der Waals surface area contributed by atoms with Gasteiger partial charge in [-0.25, -0.2) is 9.67 Å². The number of fused-ring (bicyclic) bond motifs is 1. The number of anilines is 1. The largest absolute Gasteiger partial charge is 0.351 e. The van der Waals surface area contributed by atoms with Crippen LogP contribution in [-0.4, -0.2) is 41.1 Å². The summed E-state index contributed by atoms with van der Waals surface area (Å²) in [6.07, 6.45) is 4.70. The highest BCUT2D eigenvalue weighted by Gasteiger charge is 2.47. The fourth-order valence-electron chi connectivity index (χ4n) is 4.42. The Morgan fingerprint density at radius 1 is 1.35 bits per heavy atom. The average Bonchev–Trinajstić information content (AvgIpc) is 3.52. The molecule has 34 heavy (non-hydrogen) atoms. The standard InChI is InChI=1S/C23H24BrN7OPS/c1-13-28-29-20(34-13)14-5-7-16(8-6-14)31-19-17(18(24)30-31)12-25-21(27-19)26-15-9-10-23(4,11-15)22(2,3)33-32/h5,7-8,12,15H,9-11H2,1-4H3,(H,25,26,27)/t15-,23?/m1/s1. The van der Waals surface area contributed by atoms with Gasteiger partial charge in [-0.05, 0) is 85.6 Å². The summed E-state index contributed by atoms with van der Waals surface area (Å²) in [6, 6.07) is 9.34. The number of halogens is 1. The molecule has 175 valence electrons. The minimum Gasteiger partial charge on any atom is -0.351 e. The molecule has 0 saturated heterocycles. The molecule has 4 aromatic rings. The lowest BCUT2D eigenvalue weighted by Crippen LogP contribution is -2.35. The molecular formula is C23H24BrN7OPS.